The summed E-state index contributed by atoms with van der Waals surface area (Å²) >= 11 is 1.76. The maximum atomic E-state index is 8.00. The van der Waals surface area contributed by atoms with Crippen LogP contribution in [0.25, 0.3) is 12.2 Å². The van der Waals surface area contributed by atoms with Crippen LogP contribution < -0.4 is 9.75 Å². The number of fused-ring (bicyclic) bond motifs is 1. The fourth-order valence-corrected chi connectivity index (χ4v) is 6.12. The third-order valence-electron chi connectivity index (χ3n) is 6.71. The fraction of sp³-hybridized carbons (Fsp3) is 0.444. The van der Waals surface area contributed by atoms with Crippen LogP contribution in [0.3, 0.4) is 0 Å². The number of rotatable bonds is 6. The smallest absolute Gasteiger partial charge is 0.0516 e. The average Bonchev–Trinajstić information content (AvgIpc) is 3.36. The first kappa shape index (κ1) is 21.1. The molecule has 3 heteroatoms. The lowest BCUT2D eigenvalue weighted by Crippen LogP contribution is -2.26. The van der Waals surface area contributed by atoms with Crippen molar-refractivity contribution >= 4 is 29.2 Å². The van der Waals surface area contributed by atoms with E-state index in [1.165, 1.54) is 58.9 Å². The highest BCUT2D eigenvalue weighted by Crippen LogP contribution is 2.30. The summed E-state index contributed by atoms with van der Waals surface area (Å²) in [5, 5.41) is 9.31. The highest BCUT2D eigenvalue weighted by molar-refractivity contribution is 7.12. The molecule has 2 nitrogen and oxygen atoms in total. The van der Waals surface area contributed by atoms with Crippen molar-refractivity contribution in [1.29, 1.82) is 5.41 Å². The second kappa shape index (κ2) is 8.93. The molecule has 1 aromatic rings. The molecule has 2 atom stereocenters. The van der Waals surface area contributed by atoms with E-state index in [1.807, 2.05) is 6.92 Å². The SMILES string of the molecule is C=C(C=CCC1C=CC(N2CCCC2)=C(C)C1)C1C=c2c(C)c(C(C)=N)sc2=CC1. The normalized spacial score (nSPS) is 23.5. The molecule has 1 fully saturated rings. The second-order valence-electron chi connectivity index (χ2n) is 9.07. The van der Waals surface area contributed by atoms with Crippen molar-refractivity contribution < 1.29 is 0 Å². The van der Waals surface area contributed by atoms with E-state index in [0.717, 1.165) is 17.7 Å². The van der Waals surface area contributed by atoms with E-state index in [9.17, 15) is 0 Å². The zero-order chi connectivity index (χ0) is 21.3. The molecule has 1 saturated heterocycles. The van der Waals surface area contributed by atoms with Gasteiger partial charge in [0, 0.05) is 34.9 Å². The van der Waals surface area contributed by atoms with Gasteiger partial charge in [-0.25, -0.2) is 0 Å². The molecule has 1 aromatic heterocycles. The third kappa shape index (κ3) is 4.32. The molecule has 1 N–H and O–H groups in total. The summed E-state index contributed by atoms with van der Waals surface area (Å²) < 4.78 is 1.32. The van der Waals surface area contributed by atoms with E-state index in [1.54, 1.807) is 16.9 Å². The Morgan fingerprint density at radius 1 is 1.30 bits per heavy atom. The monoisotopic (exact) mass is 418 g/mol. The molecule has 2 unspecified atom stereocenters. The highest BCUT2D eigenvalue weighted by atomic mass is 32.1. The Kier molecular flexibility index (Phi) is 6.29. The molecule has 0 radical (unpaired) electrons. The van der Waals surface area contributed by atoms with Crippen molar-refractivity contribution in [3.63, 3.8) is 0 Å². The zero-order valence-corrected chi connectivity index (χ0v) is 19.4. The minimum atomic E-state index is 0.367. The molecule has 1 aliphatic heterocycles. The number of hydrogen-bond donors (Lipinski definition) is 1. The van der Waals surface area contributed by atoms with Crippen molar-refractivity contribution in [3.05, 3.63) is 67.9 Å². The van der Waals surface area contributed by atoms with Crippen LogP contribution in [0.4, 0.5) is 0 Å². The lowest BCUT2D eigenvalue weighted by Gasteiger charge is -2.27. The van der Waals surface area contributed by atoms with Crippen molar-refractivity contribution in [2.45, 2.75) is 52.9 Å². The molecular weight excluding hydrogens is 384 g/mol. The predicted molar refractivity (Wildman–Crippen MR) is 131 cm³/mol. The van der Waals surface area contributed by atoms with E-state index in [-0.39, 0.29) is 0 Å². The summed E-state index contributed by atoms with van der Waals surface area (Å²) in [7, 11) is 0. The van der Waals surface area contributed by atoms with Gasteiger partial charge in [-0.05, 0) is 86.8 Å². The van der Waals surface area contributed by atoms with Gasteiger partial charge in [-0.15, -0.1) is 11.3 Å². The van der Waals surface area contributed by atoms with Crippen LogP contribution in [0.1, 0.15) is 56.4 Å². The van der Waals surface area contributed by atoms with Crippen LogP contribution in [-0.4, -0.2) is 23.7 Å². The molecule has 3 aliphatic rings. The van der Waals surface area contributed by atoms with Gasteiger partial charge >= 0.3 is 0 Å². The highest BCUT2D eigenvalue weighted by Gasteiger charge is 2.20. The van der Waals surface area contributed by atoms with Crippen molar-refractivity contribution in [2.24, 2.45) is 11.8 Å². The lowest BCUT2D eigenvalue weighted by atomic mass is 9.88. The van der Waals surface area contributed by atoms with Gasteiger partial charge in [0.2, 0.25) is 0 Å². The molecule has 0 saturated carbocycles. The van der Waals surface area contributed by atoms with Crippen molar-refractivity contribution in [3.8, 4) is 0 Å². The van der Waals surface area contributed by atoms with E-state index in [2.05, 4.69) is 61.8 Å². The Morgan fingerprint density at radius 2 is 2.07 bits per heavy atom. The van der Waals surface area contributed by atoms with Crippen LogP contribution in [0.2, 0.25) is 0 Å². The largest absolute Gasteiger partial charge is 0.372 e. The van der Waals surface area contributed by atoms with Crippen LogP contribution in [0, 0.1) is 24.2 Å². The second-order valence-corrected chi connectivity index (χ2v) is 10.1. The lowest BCUT2D eigenvalue weighted by molar-refractivity contribution is 0.425. The summed E-state index contributed by atoms with van der Waals surface area (Å²) in [6.45, 7) is 13.2. The molecule has 0 amide bonds. The predicted octanol–water partition coefficient (Wildman–Crippen LogP) is 5.47. The van der Waals surface area contributed by atoms with Gasteiger partial charge in [-0.1, -0.05) is 37.0 Å². The van der Waals surface area contributed by atoms with Gasteiger partial charge in [0.15, 0.2) is 0 Å². The molecule has 4 rings (SSSR count). The number of nitrogens with zero attached hydrogens (tertiary/aromatic N) is 1. The Bertz CT molecular complexity index is 1060. The maximum absolute atomic E-state index is 8.00. The summed E-state index contributed by atoms with van der Waals surface area (Å²) in [5.41, 5.74) is 6.14. The Labute approximate surface area is 185 Å². The molecule has 158 valence electrons. The van der Waals surface area contributed by atoms with E-state index < -0.39 is 0 Å². The van der Waals surface area contributed by atoms with E-state index in [0.29, 0.717) is 17.5 Å². The summed E-state index contributed by atoms with van der Waals surface area (Å²) in [5.74, 6) is 0.970. The first-order valence-corrected chi connectivity index (χ1v) is 12.1. The summed E-state index contributed by atoms with van der Waals surface area (Å²) in [6, 6.07) is 0. The van der Waals surface area contributed by atoms with Gasteiger partial charge in [0.1, 0.15) is 0 Å². The van der Waals surface area contributed by atoms with E-state index in [4.69, 9.17) is 5.41 Å². The molecule has 2 heterocycles. The summed E-state index contributed by atoms with van der Waals surface area (Å²) in [4.78, 5) is 3.68. The van der Waals surface area contributed by atoms with Crippen molar-refractivity contribution in [2.75, 3.05) is 13.1 Å². The Balaban J connectivity index is 1.37. The number of hydrogen-bond acceptors (Lipinski definition) is 3. The molecule has 0 spiro atoms. The molecule has 0 aromatic carbocycles. The van der Waals surface area contributed by atoms with Crippen LogP contribution in [-0.2, 0) is 0 Å². The van der Waals surface area contributed by atoms with Gasteiger partial charge in [-0.2, -0.15) is 0 Å². The third-order valence-corrected chi connectivity index (χ3v) is 8.14. The van der Waals surface area contributed by atoms with Gasteiger partial charge in [0.25, 0.3) is 0 Å². The van der Waals surface area contributed by atoms with Gasteiger partial charge in [0.05, 0.1) is 4.88 Å². The Morgan fingerprint density at radius 3 is 2.77 bits per heavy atom. The average molecular weight is 419 g/mol. The standard InChI is InChI=1S/C27H34N2S/c1-18(23-11-13-26-24(17-23)20(3)27(30-26)21(4)28)8-7-9-22-10-12-25(19(2)16-22)29-14-5-6-15-29/h7-8,10,12-13,17,22-23,28H,1,5-6,9,11,14-16H2,2-4H3. The zero-order valence-electron chi connectivity index (χ0n) is 18.6. The molecule has 2 aliphatic carbocycles. The first-order valence-electron chi connectivity index (χ1n) is 11.3. The topological polar surface area (TPSA) is 27.1 Å². The van der Waals surface area contributed by atoms with Crippen molar-refractivity contribution in [1.82, 2.24) is 4.90 Å². The fourth-order valence-electron chi connectivity index (χ4n) is 4.98. The van der Waals surface area contributed by atoms with E-state index >= 15 is 0 Å². The minimum Gasteiger partial charge on any atom is -0.372 e. The summed E-state index contributed by atoms with van der Waals surface area (Å²) in [6.07, 6.45) is 20.0. The minimum absolute atomic E-state index is 0.367. The Hall–Kier alpha value is -2.13. The van der Waals surface area contributed by atoms with Crippen LogP contribution in [0.15, 0.2) is 47.7 Å². The molecule has 0 bridgehead atoms. The molecule has 30 heavy (non-hydrogen) atoms. The maximum Gasteiger partial charge on any atom is 0.0516 e. The number of nitrogens with one attached hydrogen (secondary N) is 1. The quantitative estimate of drug-likeness (QED) is 0.481. The number of likely N-dealkylation sites (tertiary alicyclic amines) is 1. The van der Waals surface area contributed by atoms with Gasteiger partial charge in [-0.3, -0.25) is 0 Å². The van der Waals surface area contributed by atoms with Gasteiger partial charge < -0.3 is 10.3 Å². The number of allylic oxidation sites excluding steroid dienone is 6. The molecular formula is C27H34N2S. The van der Waals surface area contributed by atoms with Crippen LogP contribution >= 0.6 is 11.3 Å². The number of thiophene rings is 1. The first-order chi connectivity index (χ1) is 14.4. The van der Waals surface area contributed by atoms with Crippen LogP contribution in [0.5, 0.6) is 0 Å².